The van der Waals surface area contributed by atoms with Crippen LogP contribution in [-0.4, -0.2) is 54.4 Å². The van der Waals surface area contributed by atoms with Gasteiger partial charge in [0.15, 0.2) is 11.8 Å². The molecule has 10 heteroatoms. The number of nitrogens with zero attached hydrogens (tertiary/aromatic N) is 6. The van der Waals surface area contributed by atoms with Crippen molar-refractivity contribution >= 4 is 17.6 Å². The molecule has 2 saturated carbocycles. The van der Waals surface area contributed by atoms with Crippen molar-refractivity contribution in [3.8, 4) is 11.5 Å². The normalized spacial score (nSPS) is 18.7. The molecule has 2 fully saturated rings. The average molecular weight is 571 g/mol. The number of tetrazole rings is 1. The fraction of sp³-hybridized carbons (Fsp3) is 0.531. The second-order valence-corrected chi connectivity index (χ2v) is 12.0. The van der Waals surface area contributed by atoms with Crippen molar-refractivity contribution in [2.24, 2.45) is 16.6 Å². The fourth-order valence-corrected chi connectivity index (χ4v) is 7.03. The van der Waals surface area contributed by atoms with E-state index in [2.05, 4.69) is 31.6 Å². The van der Waals surface area contributed by atoms with Crippen molar-refractivity contribution in [3.05, 3.63) is 59.9 Å². The van der Waals surface area contributed by atoms with E-state index in [1.54, 1.807) is 0 Å². The van der Waals surface area contributed by atoms with Crippen molar-refractivity contribution in [2.45, 2.75) is 102 Å². The summed E-state index contributed by atoms with van der Waals surface area (Å²) in [7, 11) is 0. The first-order valence-corrected chi connectivity index (χ1v) is 15.6. The van der Waals surface area contributed by atoms with Gasteiger partial charge in [-0.3, -0.25) is 4.79 Å². The van der Waals surface area contributed by atoms with Gasteiger partial charge in [-0.1, -0.05) is 56.7 Å². The lowest BCUT2D eigenvalue weighted by Gasteiger charge is -2.41. The molecule has 2 aromatic carbocycles. The number of aromatic amines is 1. The molecule has 2 heterocycles. The molecule has 0 radical (unpaired) electrons. The lowest BCUT2D eigenvalue weighted by Crippen LogP contribution is -2.50. The third-order valence-corrected chi connectivity index (χ3v) is 9.19. The molecule has 6 rings (SSSR count). The van der Waals surface area contributed by atoms with E-state index >= 15 is 0 Å². The molecular weight excluding hydrogens is 528 g/mol. The first kappa shape index (κ1) is 28.2. The quantitative estimate of drug-likeness (QED) is 0.313. The maximum atomic E-state index is 13.9. The smallest absolute Gasteiger partial charge is 0.223 e. The van der Waals surface area contributed by atoms with E-state index in [-0.39, 0.29) is 18.0 Å². The Balaban J connectivity index is 1.20. The highest BCUT2D eigenvalue weighted by Crippen LogP contribution is 2.37. The van der Waals surface area contributed by atoms with Crippen LogP contribution in [0, 0.1) is 5.92 Å². The highest BCUT2D eigenvalue weighted by molar-refractivity contribution is 5.84. The van der Waals surface area contributed by atoms with Crippen LogP contribution in [0.25, 0.3) is 0 Å². The highest BCUT2D eigenvalue weighted by Gasteiger charge is 2.34. The minimum Gasteiger partial charge on any atom is -0.457 e. The van der Waals surface area contributed by atoms with E-state index in [1.165, 1.54) is 25.7 Å². The van der Waals surface area contributed by atoms with Gasteiger partial charge < -0.3 is 20.3 Å². The number of aliphatic imine (C=N–C) groups is 1. The number of carbonyl (C=O) groups excluding carboxylic acids is 1. The number of H-pyrrole nitrogens is 1. The molecule has 1 amide bonds. The van der Waals surface area contributed by atoms with Crippen molar-refractivity contribution in [3.63, 3.8) is 0 Å². The van der Waals surface area contributed by atoms with Crippen LogP contribution in [-0.2, 0) is 17.9 Å². The minimum atomic E-state index is 0.144. The second kappa shape index (κ2) is 13.4. The number of benzene rings is 2. The van der Waals surface area contributed by atoms with Crippen LogP contribution in [0.15, 0.2) is 53.5 Å². The lowest BCUT2D eigenvalue weighted by atomic mass is 9.81. The summed E-state index contributed by atoms with van der Waals surface area (Å²) in [5, 5.41) is 14.4. The molecule has 0 spiro atoms. The van der Waals surface area contributed by atoms with Gasteiger partial charge in [-0.05, 0) is 78.8 Å². The Labute approximate surface area is 247 Å². The highest BCUT2D eigenvalue weighted by atomic mass is 16.5. The lowest BCUT2D eigenvalue weighted by molar-refractivity contribution is -0.135. The zero-order valence-electron chi connectivity index (χ0n) is 24.3. The summed E-state index contributed by atoms with van der Waals surface area (Å²) in [5.74, 6) is 3.41. The van der Waals surface area contributed by atoms with Crippen molar-refractivity contribution in [1.29, 1.82) is 0 Å². The number of para-hydroxylation sites is 1. The van der Waals surface area contributed by atoms with Crippen molar-refractivity contribution in [1.82, 2.24) is 30.4 Å². The number of nitrogens with two attached hydrogens (primary N) is 1. The number of aromatic nitrogens is 4. The largest absolute Gasteiger partial charge is 0.457 e. The third-order valence-electron chi connectivity index (χ3n) is 9.19. The van der Waals surface area contributed by atoms with Crippen LogP contribution in [0.4, 0.5) is 5.69 Å². The third kappa shape index (κ3) is 6.74. The SMILES string of the molecule is NC1=Nc2ccc(Oc3ccccc3)cc2CN1[C@@H](CCC(=O)N(Cc1nnn[nH]1)C1CCCCC1)C1CCCCC1. The molecular formula is C32H42N8O2. The first-order valence-electron chi connectivity index (χ1n) is 15.6. The number of hydrogen-bond acceptors (Lipinski definition) is 8. The second-order valence-electron chi connectivity index (χ2n) is 12.0. The first-order chi connectivity index (χ1) is 20.6. The predicted molar refractivity (Wildman–Crippen MR) is 161 cm³/mol. The molecule has 1 aromatic heterocycles. The summed E-state index contributed by atoms with van der Waals surface area (Å²) in [6.07, 6.45) is 12.9. The Bertz CT molecular complexity index is 1330. The predicted octanol–water partition coefficient (Wildman–Crippen LogP) is 5.84. The average Bonchev–Trinajstić information content (AvgIpc) is 3.55. The summed E-state index contributed by atoms with van der Waals surface area (Å²) in [6, 6.07) is 16.2. The summed E-state index contributed by atoms with van der Waals surface area (Å²) < 4.78 is 6.12. The summed E-state index contributed by atoms with van der Waals surface area (Å²) in [4.78, 5) is 23.0. The maximum absolute atomic E-state index is 13.9. The van der Waals surface area contributed by atoms with Gasteiger partial charge in [-0.25, -0.2) is 10.1 Å². The van der Waals surface area contributed by atoms with Gasteiger partial charge in [0, 0.05) is 30.6 Å². The molecule has 3 N–H and O–H groups in total. The Morgan fingerprint density at radius 3 is 2.50 bits per heavy atom. The molecule has 3 aromatic rings. The van der Waals surface area contributed by atoms with Gasteiger partial charge in [-0.15, -0.1) is 5.10 Å². The van der Waals surface area contributed by atoms with Crippen molar-refractivity contribution < 1.29 is 9.53 Å². The molecule has 0 bridgehead atoms. The minimum absolute atomic E-state index is 0.144. The Kier molecular flexibility index (Phi) is 8.96. The van der Waals surface area contributed by atoms with Gasteiger partial charge in [0.1, 0.15) is 11.5 Å². The monoisotopic (exact) mass is 570 g/mol. The molecule has 10 nitrogen and oxygen atoms in total. The number of fused-ring (bicyclic) bond motifs is 1. The zero-order chi connectivity index (χ0) is 28.7. The topological polar surface area (TPSA) is 126 Å². The zero-order valence-corrected chi connectivity index (χ0v) is 24.3. The summed E-state index contributed by atoms with van der Waals surface area (Å²) in [6.45, 7) is 1.08. The number of hydrogen-bond donors (Lipinski definition) is 2. The summed E-state index contributed by atoms with van der Waals surface area (Å²) in [5.41, 5.74) is 8.63. The van der Waals surface area contributed by atoms with E-state index in [0.717, 1.165) is 67.7 Å². The van der Waals surface area contributed by atoms with Crippen LogP contribution < -0.4 is 10.5 Å². The standard InChI is InChI=1S/C32H42N8O2/c33-32-34-28-17-16-27(42-26-14-8-3-9-15-26)20-24(28)21-40(32)29(23-10-4-1-5-11-23)18-19-31(41)39(22-30-35-37-38-36-30)25-12-6-2-7-13-25/h3,8-9,14-17,20,23,25,29H,1-2,4-7,10-13,18-19,21-22H2,(H2,33,34)(H,35,36,37,38)/t29-/m0/s1. The van der Waals surface area contributed by atoms with Crippen molar-refractivity contribution in [2.75, 3.05) is 0 Å². The Morgan fingerprint density at radius 1 is 1.00 bits per heavy atom. The van der Waals surface area contributed by atoms with Crippen LogP contribution in [0.5, 0.6) is 11.5 Å². The molecule has 2 aliphatic carbocycles. The van der Waals surface area contributed by atoms with Gasteiger partial charge in [-0.2, -0.15) is 0 Å². The molecule has 222 valence electrons. The van der Waals surface area contributed by atoms with Gasteiger partial charge >= 0.3 is 0 Å². The van der Waals surface area contributed by atoms with Crippen LogP contribution >= 0.6 is 0 Å². The number of rotatable bonds is 10. The number of nitrogens with one attached hydrogen (secondary N) is 1. The maximum Gasteiger partial charge on any atom is 0.223 e. The molecule has 3 aliphatic rings. The molecule has 0 unspecified atom stereocenters. The number of guanidine groups is 1. The number of carbonyl (C=O) groups is 1. The van der Waals surface area contributed by atoms with E-state index in [0.29, 0.717) is 37.2 Å². The van der Waals surface area contributed by atoms with Crippen LogP contribution in [0.3, 0.4) is 0 Å². The molecule has 1 aliphatic heterocycles. The number of ether oxygens (including phenoxy) is 1. The van der Waals surface area contributed by atoms with Crippen LogP contribution in [0.2, 0.25) is 0 Å². The fourth-order valence-electron chi connectivity index (χ4n) is 7.03. The van der Waals surface area contributed by atoms with Gasteiger partial charge in [0.2, 0.25) is 5.91 Å². The molecule has 1 atom stereocenters. The van der Waals surface area contributed by atoms with Gasteiger partial charge in [0.25, 0.3) is 0 Å². The molecule has 0 saturated heterocycles. The Hall–Kier alpha value is -3.95. The Morgan fingerprint density at radius 2 is 1.76 bits per heavy atom. The van der Waals surface area contributed by atoms with E-state index in [4.69, 9.17) is 15.5 Å². The van der Waals surface area contributed by atoms with E-state index in [9.17, 15) is 4.79 Å². The van der Waals surface area contributed by atoms with E-state index in [1.807, 2.05) is 47.4 Å². The van der Waals surface area contributed by atoms with E-state index < -0.39 is 0 Å². The van der Waals surface area contributed by atoms with Crippen LogP contribution in [0.1, 0.15) is 88.4 Å². The van der Waals surface area contributed by atoms with Gasteiger partial charge in [0.05, 0.1) is 12.2 Å². The molecule has 42 heavy (non-hydrogen) atoms. The number of amides is 1. The summed E-state index contributed by atoms with van der Waals surface area (Å²) >= 11 is 0.